The summed E-state index contributed by atoms with van der Waals surface area (Å²) < 4.78 is 7.61. The molecule has 0 N–H and O–H groups in total. The summed E-state index contributed by atoms with van der Waals surface area (Å²) in [5, 5.41) is 3.70. The molecule has 4 heteroatoms. The lowest BCUT2D eigenvalue weighted by Gasteiger charge is -2.32. The summed E-state index contributed by atoms with van der Waals surface area (Å²) in [4.78, 5) is 0. The maximum Gasteiger partial charge on any atom is 0.138 e. The number of benzene rings is 7. The molecule has 1 spiro atoms. The SMILES string of the molecule is C=C/C=C1\C(=C)C(C=C)=C(C=C)C12c1ccccc1-c1c2ccc2c3ccccc3n(-c3ccc4c(c3)N(c3ccccc3)P(c3ccccc3)N4c3ccccc3)c12. The van der Waals surface area contributed by atoms with Crippen molar-refractivity contribution in [3.8, 4) is 16.8 Å². The second kappa shape index (κ2) is 13.5. The molecule has 0 fully saturated rings. The zero-order valence-corrected chi connectivity index (χ0v) is 33.5. The van der Waals surface area contributed by atoms with Gasteiger partial charge in [0, 0.05) is 38.7 Å². The molecule has 0 bridgehead atoms. The van der Waals surface area contributed by atoms with Gasteiger partial charge >= 0.3 is 0 Å². The number of anilines is 4. The predicted octanol–water partition coefficient (Wildman–Crippen LogP) is 14.3. The molecule has 3 nitrogen and oxygen atoms in total. The Morgan fingerprint density at radius 3 is 1.88 bits per heavy atom. The number of fused-ring (bicyclic) bond motifs is 10. The van der Waals surface area contributed by atoms with Crippen LogP contribution < -0.4 is 14.6 Å². The highest BCUT2D eigenvalue weighted by Crippen LogP contribution is 2.67. The van der Waals surface area contributed by atoms with E-state index in [1.807, 2.05) is 18.2 Å². The van der Waals surface area contributed by atoms with Gasteiger partial charge in [-0.25, -0.2) is 0 Å². The van der Waals surface area contributed by atoms with Crippen molar-refractivity contribution >= 4 is 58.1 Å². The van der Waals surface area contributed by atoms with E-state index >= 15 is 0 Å². The van der Waals surface area contributed by atoms with Crippen LogP contribution in [0, 0.1) is 0 Å². The summed E-state index contributed by atoms with van der Waals surface area (Å²) in [5.74, 6) is 0. The van der Waals surface area contributed by atoms with Crippen LogP contribution in [0.15, 0.2) is 243 Å². The Hall–Kier alpha value is -7.19. The first-order valence-electron chi connectivity index (χ1n) is 20.0. The lowest BCUT2D eigenvalue weighted by molar-refractivity contribution is 0.784. The minimum Gasteiger partial charge on any atom is -0.309 e. The van der Waals surface area contributed by atoms with E-state index in [1.165, 1.54) is 55.2 Å². The Balaban J connectivity index is 1.24. The third-order valence-corrected chi connectivity index (χ3v) is 14.7. The van der Waals surface area contributed by atoms with E-state index in [-0.39, 0.29) is 0 Å². The smallest absolute Gasteiger partial charge is 0.138 e. The fraction of sp³-hybridized carbons (Fsp3) is 0.0182. The van der Waals surface area contributed by atoms with Gasteiger partial charge in [0.05, 0.1) is 27.8 Å². The van der Waals surface area contributed by atoms with Gasteiger partial charge in [-0.2, -0.15) is 0 Å². The maximum absolute atomic E-state index is 4.65. The van der Waals surface area contributed by atoms with Crippen LogP contribution in [-0.4, -0.2) is 4.57 Å². The van der Waals surface area contributed by atoms with Crippen LogP contribution in [0.5, 0.6) is 0 Å². The van der Waals surface area contributed by atoms with Crippen molar-refractivity contribution in [2.75, 3.05) is 9.34 Å². The maximum atomic E-state index is 4.65. The first-order chi connectivity index (χ1) is 29.1. The summed E-state index contributed by atoms with van der Waals surface area (Å²) in [7, 11) is -1.05. The van der Waals surface area contributed by atoms with Crippen molar-refractivity contribution in [3.63, 3.8) is 0 Å². The summed E-state index contributed by atoms with van der Waals surface area (Å²) in [6.07, 6.45) is 7.97. The number of rotatable bonds is 7. The quantitative estimate of drug-likeness (QED) is 0.149. The fourth-order valence-electron chi connectivity index (χ4n) is 10.1. The van der Waals surface area contributed by atoms with Gasteiger partial charge in [-0.05, 0) is 87.5 Å². The Bertz CT molecular complexity index is 3130. The highest BCUT2D eigenvalue weighted by atomic mass is 31.1. The Morgan fingerprint density at radius 2 is 1.19 bits per heavy atom. The number of para-hydroxylation sites is 3. The Kier molecular flexibility index (Phi) is 7.98. The van der Waals surface area contributed by atoms with Crippen molar-refractivity contribution in [2.45, 2.75) is 5.41 Å². The molecule has 0 amide bonds. The molecule has 8 aromatic rings. The van der Waals surface area contributed by atoms with Gasteiger partial charge in [0.25, 0.3) is 0 Å². The molecule has 2 atom stereocenters. The summed E-state index contributed by atoms with van der Waals surface area (Å²) in [6.45, 7) is 17.5. The highest BCUT2D eigenvalue weighted by Gasteiger charge is 2.53. The molecule has 1 aromatic heterocycles. The highest BCUT2D eigenvalue weighted by molar-refractivity contribution is 7.70. The monoisotopic (exact) mass is 773 g/mol. The molecule has 0 saturated carbocycles. The molecule has 2 heterocycles. The van der Waals surface area contributed by atoms with Crippen LogP contribution in [0.2, 0.25) is 0 Å². The van der Waals surface area contributed by atoms with Gasteiger partial charge in [0.2, 0.25) is 0 Å². The second-order valence-corrected chi connectivity index (χ2v) is 17.1. The van der Waals surface area contributed by atoms with Crippen LogP contribution >= 0.6 is 8.22 Å². The largest absolute Gasteiger partial charge is 0.309 e. The molecule has 7 aromatic carbocycles. The topological polar surface area (TPSA) is 11.4 Å². The molecule has 0 saturated heterocycles. The van der Waals surface area contributed by atoms with Gasteiger partial charge in [-0.1, -0.05) is 172 Å². The minimum absolute atomic E-state index is 0.623. The van der Waals surface area contributed by atoms with Gasteiger partial charge in [0.15, 0.2) is 0 Å². The van der Waals surface area contributed by atoms with Crippen LogP contribution in [0.3, 0.4) is 0 Å². The molecule has 11 rings (SSSR count). The number of nitrogens with zero attached hydrogens (tertiary/aromatic N) is 3. The van der Waals surface area contributed by atoms with E-state index in [1.54, 1.807) is 0 Å². The fourth-order valence-corrected chi connectivity index (χ4v) is 12.6. The lowest BCUT2D eigenvalue weighted by atomic mass is 9.69. The van der Waals surface area contributed by atoms with Crippen molar-refractivity contribution < 1.29 is 0 Å². The molecule has 59 heavy (non-hydrogen) atoms. The van der Waals surface area contributed by atoms with E-state index in [9.17, 15) is 0 Å². The zero-order chi connectivity index (χ0) is 39.8. The summed E-state index contributed by atoms with van der Waals surface area (Å²) in [6, 6.07) is 62.1. The number of hydrogen-bond acceptors (Lipinski definition) is 2. The van der Waals surface area contributed by atoms with Crippen molar-refractivity contribution in [1.82, 2.24) is 4.57 Å². The van der Waals surface area contributed by atoms with E-state index in [2.05, 4.69) is 216 Å². The number of hydrogen-bond donors (Lipinski definition) is 0. The van der Waals surface area contributed by atoms with Crippen LogP contribution in [0.25, 0.3) is 38.6 Å². The average molecular weight is 774 g/mol. The van der Waals surface area contributed by atoms with Crippen LogP contribution in [0.1, 0.15) is 11.1 Å². The molecule has 2 aliphatic carbocycles. The van der Waals surface area contributed by atoms with Crippen molar-refractivity contribution in [3.05, 3.63) is 254 Å². The third kappa shape index (κ3) is 4.74. The molecule has 280 valence electrons. The average Bonchev–Trinajstić information content (AvgIpc) is 3.98. The second-order valence-electron chi connectivity index (χ2n) is 15.2. The van der Waals surface area contributed by atoms with E-state index < -0.39 is 13.6 Å². The minimum atomic E-state index is -1.05. The molecular formula is C55H40N3P. The van der Waals surface area contributed by atoms with Gasteiger partial charge in [-0.3, -0.25) is 9.34 Å². The normalized spacial score (nSPS) is 18.5. The Labute approximate surface area is 346 Å². The van der Waals surface area contributed by atoms with Crippen LogP contribution in [-0.2, 0) is 5.41 Å². The summed E-state index contributed by atoms with van der Waals surface area (Å²) >= 11 is 0. The molecule has 0 radical (unpaired) electrons. The van der Waals surface area contributed by atoms with Crippen molar-refractivity contribution in [2.24, 2.45) is 0 Å². The van der Waals surface area contributed by atoms with E-state index in [0.29, 0.717) is 0 Å². The molecular weight excluding hydrogens is 734 g/mol. The van der Waals surface area contributed by atoms with Gasteiger partial charge in [0.1, 0.15) is 8.22 Å². The molecule has 3 aliphatic rings. The standard InChI is InChI=1S/C55H40N3P/c1-5-21-47-37(4)42(6-2)46(7-3)55(47)48-30-19-17-29-45(48)53-49(55)34-33-44-43-28-18-20-31-50(43)56(54(44)53)40-32-35-51-52(36-40)58(39-24-13-9-14-25-39)59(41-26-15-10-16-27-41)57(51)38-22-11-8-12-23-38/h5-36H,1-4H2/b47-21+. The number of aromatic nitrogens is 1. The summed E-state index contributed by atoms with van der Waals surface area (Å²) in [5.41, 5.74) is 16.5. The lowest BCUT2D eigenvalue weighted by Crippen LogP contribution is -2.26. The van der Waals surface area contributed by atoms with Crippen LogP contribution in [0.4, 0.5) is 22.7 Å². The van der Waals surface area contributed by atoms with E-state index in [4.69, 9.17) is 0 Å². The van der Waals surface area contributed by atoms with E-state index in [0.717, 1.165) is 44.9 Å². The predicted molar refractivity (Wildman–Crippen MR) is 252 cm³/mol. The first-order valence-corrected chi connectivity index (χ1v) is 21.2. The van der Waals surface area contributed by atoms with Gasteiger partial charge < -0.3 is 4.57 Å². The molecule has 1 aliphatic heterocycles. The van der Waals surface area contributed by atoms with Crippen molar-refractivity contribution in [1.29, 1.82) is 0 Å². The first kappa shape index (κ1) is 35.0. The van der Waals surface area contributed by atoms with Gasteiger partial charge in [-0.15, -0.1) is 0 Å². The Morgan fingerprint density at radius 1 is 0.542 bits per heavy atom. The number of allylic oxidation sites excluding steroid dienone is 8. The molecule has 2 unspecified atom stereocenters. The third-order valence-electron chi connectivity index (χ3n) is 12.3. The zero-order valence-electron chi connectivity index (χ0n) is 32.6.